The van der Waals surface area contributed by atoms with Gasteiger partial charge in [-0.15, -0.1) is 11.8 Å². The van der Waals surface area contributed by atoms with E-state index in [0.717, 1.165) is 14.2 Å². The van der Waals surface area contributed by atoms with E-state index < -0.39 is 0 Å². The Kier molecular flexibility index (Phi) is 7.87. The molecule has 154 valence electrons. The van der Waals surface area contributed by atoms with E-state index >= 15 is 0 Å². The normalized spacial score (nSPS) is 11.6. The van der Waals surface area contributed by atoms with E-state index in [1.165, 1.54) is 36.0 Å². The van der Waals surface area contributed by atoms with Gasteiger partial charge < -0.3 is 10.6 Å². The number of carbonyl (C=O) groups excluding carboxylic acids is 2. The first-order valence-electron chi connectivity index (χ1n) is 9.34. The zero-order valence-corrected chi connectivity index (χ0v) is 19.2. The summed E-state index contributed by atoms with van der Waals surface area (Å²) in [6.45, 7) is 1.96. The summed E-state index contributed by atoms with van der Waals surface area (Å²) in [5.74, 6) is -0.774. The molecule has 1 atom stereocenters. The summed E-state index contributed by atoms with van der Waals surface area (Å²) in [6, 6.07) is 20.3. The summed E-state index contributed by atoms with van der Waals surface area (Å²) >= 11 is 3.66. The predicted molar refractivity (Wildman–Crippen MR) is 129 cm³/mol. The van der Waals surface area contributed by atoms with Gasteiger partial charge >= 0.3 is 0 Å². The second-order valence-electron chi connectivity index (χ2n) is 6.50. The van der Waals surface area contributed by atoms with Gasteiger partial charge in [0.15, 0.2) is 0 Å². The molecule has 0 saturated heterocycles. The molecular weight excluding hydrogens is 514 g/mol. The molecule has 30 heavy (non-hydrogen) atoms. The van der Waals surface area contributed by atoms with Gasteiger partial charge in [-0.3, -0.25) is 9.59 Å². The minimum atomic E-state index is -0.390. The average molecular weight is 534 g/mol. The third-order valence-corrected chi connectivity index (χ3v) is 6.33. The van der Waals surface area contributed by atoms with Gasteiger partial charge in [0.05, 0.1) is 5.25 Å². The summed E-state index contributed by atoms with van der Waals surface area (Å²) in [6.07, 6.45) is 0.660. The van der Waals surface area contributed by atoms with Crippen LogP contribution in [0.15, 0.2) is 77.7 Å². The lowest BCUT2D eigenvalue weighted by Crippen LogP contribution is -2.24. The number of halogens is 2. The van der Waals surface area contributed by atoms with E-state index in [-0.39, 0.29) is 22.9 Å². The summed E-state index contributed by atoms with van der Waals surface area (Å²) in [7, 11) is 0. The van der Waals surface area contributed by atoms with Gasteiger partial charge in [0, 0.05) is 25.4 Å². The van der Waals surface area contributed by atoms with Crippen LogP contribution < -0.4 is 10.6 Å². The Morgan fingerprint density at radius 1 is 0.967 bits per heavy atom. The van der Waals surface area contributed by atoms with Crippen LogP contribution in [0.1, 0.15) is 23.7 Å². The minimum absolute atomic E-state index is 0.0653. The molecule has 0 radical (unpaired) electrons. The maximum absolute atomic E-state index is 13.0. The van der Waals surface area contributed by atoms with Crippen LogP contribution in [0, 0.1) is 9.39 Å². The molecule has 0 bridgehead atoms. The third-order valence-electron chi connectivity index (χ3n) is 4.25. The molecule has 0 fully saturated rings. The predicted octanol–water partition coefficient (Wildman–Crippen LogP) is 6.19. The number of amides is 2. The lowest BCUT2D eigenvalue weighted by Gasteiger charge is -2.15. The van der Waals surface area contributed by atoms with Crippen LogP contribution in [-0.2, 0) is 4.79 Å². The van der Waals surface area contributed by atoms with Crippen molar-refractivity contribution >= 4 is 57.5 Å². The highest BCUT2D eigenvalue weighted by molar-refractivity contribution is 14.1. The molecular formula is C23H20FIN2O2S. The fourth-order valence-electron chi connectivity index (χ4n) is 2.69. The monoisotopic (exact) mass is 534 g/mol. The Morgan fingerprint density at radius 3 is 2.33 bits per heavy atom. The molecule has 3 rings (SSSR count). The van der Waals surface area contributed by atoms with Crippen LogP contribution in [0.2, 0.25) is 0 Å². The van der Waals surface area contributed by atoms with Crippen LogP contribution >= 0.6 is 34.4 Å². The smallest absolute Gasteiger partial charge is 0.255 e. The van der Waals surface area contributed by atoms with Gasteiger partial charge in [0.1, 0.15) is 5.82 Å². The summed E-state index contributed by atoms with van der Waals surface area (Å²) in [5.41, 5.74) is 1.75. The first-order valence-corrected chi connectivity index (χ1v) is 11.3. The second kappa shape index (κ2) is 10.6. The molecule has 0 aliphatic heterocycles. The molecule has 2 amide bonds. The number of carbonyl (C=O) groups is 2. The number of nitrogens with one attached hydrogen (secondary N) is 2. The van der Waals surface area contributed by atoms with Gasteiger partial charge in [0.25, 0.3) is 5.91 Å². The minimum Gasteiger partial charge on any atom is -0.325 e. The van der Waals surface area contributed by atoms with Crippen LogP contribution in [0.3, 0.4) is 0 Å². The Hall–Kier alpha value is -2.39. The average Bonchev–Trinajstić information content (AvgIpc) is 2.74. The maximum Gasteiger partial charge on any atom is 0.255 e. The Morgan fingerprint density at radius 2 is 1.67 bits per heavy atom. The van der Waals surface area contributed by atoms with E-state index in [1.54, 1.807) is 6.07 Å². The molecule has 0 spiro atoms. The molecule has 0 aliphatic carbocycles. The van der Waals surface area contributed by atoms with Crippen molar-refractivity contribution in [2.45, 2.75) is 23.5 Å². The van der Waals surface area contributed by atoms with Gasteiger partial charge in [-0.1, -0.05) is 13.0 Å². The summed E-state index contributed by atoms with van der Waals surface area (Å²) < 4.78 is 14.1. The van der Waals surface area contributed by atoms with Crippen molar-refractivity contribution in [3.05, 3.63) is 87.7 Å². The van der Waals surface area contributed by atoms with Crippen LogP contribution in [0.25, 0.3) is 0 Å². The number of benzene rings is 3. The molecule has 0 aromatic heterocycles. The van der Waals surface area contributed by atoms with Gasteiger partial charge in [-0.25, -0.2) is 4.39 Å². The van der Waals surface area contributed by atoms with Crippen molar-refractivity contribution < 1.29 is 14.0 Å². The molecule has 3 aromatic rings. The largest absolute Gasteiger partial charge is 0.325 e. The molecule has 1 unspecified atom stereocenters. The van der Waals surface area contributed by atoms with Crippen molar-refractivity contribution in [3.8, 4) is 0 Å². The molecule has 0 aliphatic rings. The summed E-state index contributed by atoms with van der Waals surface area (Å²) in [4.78, 5) is 25.9. The SMILES string of the molecule is CCC(Sc1cccc(NC(=O)c2ccc(F)cc2)c1)C(=O)Nc1ccc(I)cc1. The third kappa shape index (κ3) is 6.30. The zero-order chi connectivity index (χ0) is 21.5. The van der Waals surface area contributed by atoms with E-state index in [0.29, 0.717) is 17.7 Å². The Bertz CT molecular complexity index is 1030. The topological polar surface area (TPSA) is 58.2 Å². The number of hydrogen-bond donors (Lipinski definition) is 2. The van der Waals surface area contributed by atoms with E-state index in [4.69, 9.17) is 0 Å². The van der Waals surface area contributed by atoms with Crippen molar-refractivity contribution in [2.24, 2.45) is 0 Å². The van der Waals surface area contributed by atoms with Gasteiger partial charge in [-0.05, 0) is 95.7 Å². The molecule has 4 nitrogen and oxygen atoms in total. The zero-order valence-electron chi connectivity index (χ0n) is 16.2. The second-order valence-corrected chi connectivity index (χ2v) is 9.02. The molecule has 0 heterocycles. The number of thioether (sulfide) groups is 1. The van der Waals surface area contributed by atoms with Crippen LogP contribution in [-0.4, -0.2) is 17.1 Å². The first-order chi connectivity index (χ1) is 14.4. The number of hydrogen-bond acceptors (Lipinski definition) is 3. The van der Waals surface area contributed by atoms with Gasteiger partial charge in [0.2, 0.25) is 5.91 Å². The fraction of sp³-hybridized carbons (Fsp3) is 0.130. The van der Waals surface area contributed by atoms with Crippen molar-refractivity contribution in [1.82, 2.24) is 0 Å². The highest BCUT2D eigenvalue weighted by Gasteiger charge is 2.18. The molecule has 3 aromatic carbocycles. The Balaban J connectivity index is 1.65. The standard InChI is InChI=1S/C23H20FIN2O2S/c1-2-21(23(29)26-18-12-10-17(25)11-13-18)30-20-5-3-4-19(14-20)27-22(28)15-6-8-16(24)9-7-15/h3-14,21H,2H2,1H3,(H,26,29)(H,27,28). The molecule has 7 heteroatoms. The molecule has 0 saturated carbocycles. The van der Waals surface area contributed by atoms with E-state index in [2.05, 4.69) is 33.2 Å². The number of anilines is 2. The number of rotatable bonds is 7. The van der Waals surface area contributed by atoms with E-state index in [9.17, 15) is 14.0 Å². The van der Waals surface area contributed by atoms with E-state index in [1.807, 2.05) is 49.4 Å². The lowest BCUT2D eigenvalue weighted by molar-refractivity contribution is -0.115. The maximum atomic E-state index is 13.0. The lowest BCUT2D eigenvalue weighted by atomic mass is 10.2. The summed E-state index contributed by atoms with van der Waals surface area (Å²) in [5, 5.41) is 5.49. The highest BCUT2D eigenvalue weighted by atomic mass is 127. The fourth-order valence-corrected chi connectivity index (χ4v) is 4.07. The first kappa shape index (κ1) is 22.3. The van der Waals surface area contributed by atoms with Crippen molar-refractivity contribution in [3.63, 3.8) is 0 Å². The van der Waals surface area contributed by atoms with Crippen molar-refractivity contribution in [2.75, 3.05) is 10.6 Å². The Labute approximate surface area is 192 Å². The quantitative estimate of drug-likeness (QED) is 0.281. The molecule has 2 N–H and O–H groups in total. The van der Waals surface area contributed by atoms with Crippen molar-refractivity contribution in [1.29, 1.82) is 0 Å². The van der Waals surface area contributed by atoms with Crippen LogP contribution in [0.4, 0.5) is 15.8 Å². The van der Waals surface area contributed by atoms with Crippen LogP contribution in [0.5, 0.6) is 0 Å². The van der Waals surface area contributed by atoms with Gasteiger partial charge in [-0.2, -0.15) is 0 Å². The highest BCUT2D eigenvalue weighted by Crippen LogP contribution is 2.29.